The van der Waals surface area contributed by atoms with Crippen molar-refractivity contribution in [2.75, 3.05) is 10.6 Å². The first-order valence-corrected chi connectivity index (χ1v) is 7.98. The molecule has 0 atom stereocenters. The molecule has 0 fully saturated rings. The van der Waals surface area contributed by atoms with Crippen molar-refractivity contribution >= 4 is 23.2 Å². The SMILES string of the molecule is Cc1cc(C(=O)Nc2ccccc2C(F)(F)F)nc(Nc2ccccc2)n1. The number of carbonyl (C=O) groups excluding carboxylic acids is 1. The molecule has 138 valence electrons. The number of anilines is 3. The van der Waals surface area contributed by atoms with Crippen LogP contribution in [0.15, 0.2) is 60.7 Å². The van der Waals surface area contributed by atoms with Gasteiger partial charge in [0.05, 0.1) is 11.3 Å². The first kappa shape index (κ1) is 18.4. The van der Waals surface area contributed by atoms with E-state index in [2.05, 4.69) is 20.6 Å². The van der Waals surface area contributed by atoms with E-state index in [9.17, 15) is 18.0 Å². The highest BCUT2D eigenvalue weighted by molar-refractivity contribution is 6.03. The van der Waals surface area contributed by atoms with Crippen molar-refractivity contribution in [2.24, 2.45) is 0 Å². The van der Waals surface area contributed by atoms with Crippen LogP contribution in [0.3, 0.4) is 0 Å². The average Bonchev–Trinajstić information content (AvgIpc) is 2.61. The standard InChI is InChI=1S/C19H15F3N4O/c1-12-11-16(26-18(23-12)24-13-7-3-2-4-8-13)17(27)25-15-10-6-5-9-14(15)19(20,21)22/h2-11H,1H3,(H,25,27)(H,23,24,26). The van der Waals surface area contributed by atoms with E-state index >= 15 is 0 Å². The summed E-state index contributed by atoms with van der Waals surface area (Å²) in [7, 11) is 0. The predicted molar refractivity (Wildman–Crippen MR) is 95.9 cm³/mol. The van der Waals surface area contributed by atoms with Crippen LogP contribution in [0, 0.1) is 6.92 Å². The van der Waals surface area contributed by atoms with Crippen molar-refractivity contribution in [1.29, 1.82) is 0 Å². The van der Waals surface area contributed by atoms with Crippen molar-refractivity contribution in [2.45, 2.75) is 13.1 Å². The molecular formula is C19H15F3N4O. The summed E-state index contributed by atoms with van der Waals surface area (Å²) in [5.74, 6) is -0.580. The Bertz CT molecular complexity index is 959. The lowest BCUT2D eigenvalue weighted by atomic mass is 10.1. The third-order valence-electron chi connectivity index (χ3n) is 3.60. The van der Waals surface area contributed by atoms with Gasteiger partial charge in [-0.15, -0.1) is 0 Å². The minimum absolute atomic E-state index is 0.0436. The topological polar surface area (TPSA) is 66.9 Å². The van der Waals surface area contributed by atoms with Crippen LogP contribution in [-0.2, 0) is 6.18 Å². The fraction of sp³-hybridized carbons (Fsp3) is 0.105. The molecule has 1 heterocycles. The maximum absolute atomic E-state index is 13.1. The Hall–Kier alpha value is -3.42. The first-order valence-electron chi connectivity index (χ1n) is 7.98. The maximum atomic E-state index is 13.1. The minimum Gasteiger partial charge on any atom is -0.324 e. The fourth-order valence-corrected chi connectivity index (χ4v) is 2.42. The molecule has 0 spiro atoms. The summed E-state index contributed by atoms with van der Waals surface area (Å²) in [6.45, 7) is 1.66. The lowest BCUT2D eigenvalue weighted by molar-refractivity contribution is -0.136. The molecule has 0 saturated carbocycles. The molecular weight excluding hydrogens is 357 g/mol. The fourth-order valence-electron chi connectivity index (χ4n) is 2.42. The van der Waals surface area contributed by atoms with Gasteiger partial charge in [-0.1, -0.05) is 30.3 Å². The first-order chi connectivity index (χ1) is 12.8. The number of aromatic nitrogens is 2. The Morgan fingerprint density at radius 2 is 1.63 bits per heavy atom. The number of aryl methyl sites for hydroxylation is 1. The highest BCUT2D eigenvalue weighted by Crippen LogP contribution is 2.34. The molecule has 1 aromatic heterocycles. The zero-order valence-corrected chi connectivity index (χ0v) is 14.2. The molecule has 0 unspecified atom stereocenters. The number of alkyl halides is 3. The molecule has 5 nitrogen and oxygen atoms in total. The highest BCUT2D eigenvalue weighted by atomic mass is 19.4. The second kappa shape index (κ2) is 7.45. The molecule has 0 bridgehead atoms. The van der Waals surface area contributed by atoms with Gasteiger partial charge in [0, 0.05) is 11.4 Å². The van der Waals surface area contributed by atoms with Gasteiger partial charge in [0.1, 0.15) is 5.69 Å². The smallest absolute Gasteiger partial charge is 0.324 e. The van der Waals surface area contributed by atoms with Gasteiger partial charge in [0.2, 0.25) is 5.95 Å². The number of nitrogens with one attached hydrogen (secondary N) is 2. The molecule has 1 amide bonds. The summed E-state index contributed by atoms with van der Waals surface area (Å²) in [6.07, 6.45) is -4.58. The average molecular weight is 372 g/mol. The molecule has 3 rings (SSSR count). The summed E-state index contributed by atoms with van der Waals surface area (Å²) < 4.78 is 39.3. The van der Waals surface area contributed by atoms with Crippen molar-refractivity contribution in [3.05, 3.63) is 77.6 Å². The van der Waals surface area contributed by atoms with Crippen LogP contribution in [0.2, 0.25) is 0 Å². The lowest BCUT2D eigenvalue weighted by Crippen LogP contribution is -2.18. The summed E-state index contributed by atoms with van der Waals surface area (Å²) in [4.78, 5) is 20.7. The number of hydrogen-bond donors (Lipinski definition) is 2. The van der Waals surface area contributed by atoms with E-state index in [-0.39, 0.29) is 17.3 Å². The molecule has 27 heavy (non-hydrogen) atoms. The van der Waals surface area contributed by atoms with E-state index in [1.807, 2.05) is 18.2 Å². The summed E-state index contributed by atoms with van der Waals surface area (Å²) in [5, 5.41) is 5.23. The number of carbonyl (C=O) groups is 1. The molecule has 0 aliphatic heterocycles. The Morgan fingerprint density at radius 1 is 0.963 bits per heavy atom. The van der Waals surface area contributed by atoms with Gasteiger partial charge in [0.15, 0.2) is 0 Å². The van der Waals surface area contributed by atoms with Crippen molar-refractivity contribution in [1.82, 2.24) is 9.97 Å². The highest BCUT2D eigenvalue weighted by Gasteiger charge is 2.33. The van der Waals surface area contributed by atoms with Gasteiger partial charge in [-0.25, -0.2) is 9.97 Å². The van der Waals surface area contributed by atoms with Gasteiger partial charge in [-0.2, -0.15) is 13.2 Å². The third kappa shape index (κ3) is 4.60. The van der Waals surface area contributed by atoms with E-state index in [0.29, 0.717) is 5.69 Å². The second-order valence-electron chi connectivity index (χ2n) is 5.71. The van der Waals surface area contributed by atoms with Crippen LogP contribution in [0.4, 0.5) is 30.5 Å². The molecule has 3 aromatic rings. The zero-order chi connectivity index (χ0) is 19.4. The number of nitrogens with zero attached hydrogens (tertiary/aromatic N) is 2. The van der Waals surface area contributed by atoms with Gasteiger partial charge >= 0.3 is 6.18 Å². The zero-order valence-electron chi connectivity index (χ0n) is 14.2. The minimum atomic E-state index is -4.58. The van der Waals surface area contributed by atoms with E-state index in [1.165, 1.54) is 24.3 Å². The molecule has 0 radical (unpaired) electrons. The lowest BCUT2D eigenvalue weighted by Gasteiger charge is -2.14. The number of benzene rings is 2. The molecule has 2 N–H and O–H groups in total. The number of halogens is 3. The van der Waals surface area contributed by atoms with Crippen molar-refractivity contribution in [3.8, 4) is 0 Å². The van der Waals surface area contributed by atoms with E-state index in [4.69, 9.17) is 0 Å². The Balaban J connectivity index is 1.86. The van der Waals surface area contributed by atoms with Crippen LogP contribution in [-0.4, -0.2) is 15.9 Å². The molecule has 8 heteroatoms. The quantitative estimate of drug-likeness (QED) is 0.690. The van der Waals surface area contributed by atoms with Crippen LogP contribution >= 0.6 is 0 Å². The monoisotopic (exact) mass is 372 g/mol. The largest absolute Gasteiger partial charge is 0.418 e. The summed E-state index contributed by atoms with van der Waals surface area (Å²) >= 11 is 0. The van der Waals surface area contributed by atoms with Gasteiger partial charge in [-0.05, 0) is 37.3 Å². The molecule has 0 saturated heterocycles. The van der Waals surface area contributed by atoms with Crippen molar-refractivity contribution < 1.29 is 18.0 Å². The Kier molecular flexibility index (Phi) is 5.07. The normalized spacial score (nSPS) is 11.1. The predicted octanol–water partition coefficient (Wildman–Crippen LogP) is 4.80. The van der Waals surface area contributed by atoms with Crippen LogP contribution in [0.1, 0.15) is 21.7 Å². The number of para-hydroxylation sites is 2. The second-order valence-corrected chi connectivity index (χ2v) is 5.71. The summed E-state index contributed by atoms with van der Waals surface area (Å²) in [6, 6.07) is 15.3. The molecule has 0 aliphatic carbocycles. The number of rotatable bonds is 4. The molecule has 2 aromatic carbocycles. The number of hydrogen-bond acceptors (Lipinski definition) is 4. The van der Waals surface area contributed by atoms with Crippen LogP contribution in [0.5, 0.6) is 0 Å². The molecule has 0 aliphatic rings. The van der Waals surface area contributed by atoms with Crippen LogP contribution < -0.4 is 10.6 Å². The van der Waals surface area contributed by atoms with Gasteiger partial charge in [-0.3, -0.25) is 4.79 Å². The van der Waals surface area contributed by atoms with Crippen molar-refractivity contribution in [3.63, 3.8) is 0 Å². The Morgan fingerprint density at radius 3 is 2.33 bits per heavy atom. The van der Waals surface area contributed by atoms with E-state index in [1.54, 1.807) is 19.1 Å². The van der Waals surface area contributed by atoms with Crippen LogP contribution in [0.25, 0.3) is 0 Å². The summed E-state index contributed by atoms with van der Waals surface area (Å²) in [5.41, 5.74) is -0.0805. The third-order valence-corrected chi connectivity index (χ3v) is 3.60. The Labute approximate surface area is 153 Å². The van der Waals surface area contributed by atoms with E-state index in [0.717, 1.165) is 11.8 Å². The van der Waals surface area contributed by atoms with Gasteiger partial charge in [0.25, 0.3) is 5.91 Å². The van der Waals surface area contributed by atoms with E-state index < -0.39 is 17.6 Å². The van der Waals surface area contributed by atoms with Gasteiger partial charge < -0.3 is 10.6 Å². The number of amides is 1. The maximum Gasteiger partial charge on any atom is 0.418 e.